The van der Waals surface area contributed by atoms with Crippen LogP contribution in [0.25, 0.3) is 0 Å². The van der Waals surface area contributed by atoms with Gasteiger partial charge in [-0.3, -0.25) is 9.79 Å². The number of halogens is 1. The summed E-state index contributed by atoms with van der Waals surface area (Å²) < 4.78 is 0. The van der Waals surface area contributed by atoms with Gasteiger partial charge in [0.05, 0.1) is 12.3 Å². The van der Waals surface area contributed by atoms with Crippen molar-refractivity contribution in [1.29, 1.82) is 0 Å². The summed E-state index contributed by atoms with van der Waals surface area (Å²) in [6.45, 7) is 8.28. The first-order valence-corrected chi connectivity index (χ1v) is 10.4. The van der Waals surface area contributed by atoms with E-state index in [0.29, 0.717) is 11.6 Å². The van der Waals surface area contributed by atoms with Crippen LogP contribution in [0.2, 0.25) is 5.02 Å². The molecule has 0 heterocycles. The number of aliphatic imine (C=N–C) groups is 1. The molecule has 0 atom stereocenters. The number of aryl methyl sites for hydroxylation is 1. The van der Waals surface area contributed by atoms with Crippen LogP contribution in [0.3, 0.4) is 0 Å². The second kappa shape index (κ2) is 10.4. The Bertz CT molecular complexity index is 913. The van der Waals surface area contributed by atoms with Crippen molar-refractivity contribution in [2.45, 2.75) is 53.5 Å². The van der Waals surface area contributed by atoms with E-state index in [1.807, 2.05) is 56.3 Å². The molecule has 0 aliphatic carbocycles. The summed E-state index contributed by atoms with van der Waals surface area (Å²) in [6, 6.07) is 15.9. The van der Waals surface area contributed by atoms with Crippen molar-refractivity contribution < 1.29 is 4.79 Å². The SMILES string of the molecule is CC(=O)C(C)(C)CCCC(N)=CC(=NCc1ccccc1C)c1cccc(Cl)c1. The lowest BCUT2D eigenvalue weighted by atomic mass is 9.83. The molecule has 2 rings (SSSR count). The fourth-order valence-corrected chi connectivity index (χ4v) is 3.17. The Morgan fingerprint density at radius 2 is 1.90 bits per heavy atom. The zero-order valence-corrected chi connectivity index (χ0v) is 18.6. The first-order valence-electron chi connectivity index (χ1n) is 10.0. The third-order valence-corrected chi connectivity index (χ3v) is 5.58. The maximum atomic E-state index is 11.7. The molecular formula is C25H31ClN2O. The molecule has 0 aromatic heterocycles. The van der Waals surface area contributed by atoms with Crippen LogP contribution in [-0.4, -0.2) is 11.5 Å². The third kappa shape index (κ3) is 7.17. The van der Waals surface area contributed by atoms with E-state index in [0.717, 1.165) is 36.2 Å². The largest absolute Gasteiger partial charge is 0.402 e. The Morgan fingerprint density at radius 3 is 2.55 bits per heavy atom. The van der Waals surface area contributed by atoms with Crippen molar-refractivity contribution in [3.63, 3.8) is 0 Å². The van der Waals surface area contributed by atoms with E-state index >= 15 is 0 Å². The van der Waals surface area contributed by atoms with E-state index in [4.69, 9.17) is 22.3 Å². The minimum atomic E-state index is -0.311. The molecule has 2 N–H and O–H groups in total. The predicted molar refractivity (Wildman–Crippen MR) is 123 cm³/mol. The van der Waals surface area contributed by atoms with E-state index in [1.165, 1.54) is 11.1 Å². The van der Waals surface area contributed by atoms with Crippen LogP contribution in [0.4, 0.5) is 0 Å². The number of hydrogen-bond acceptors (Lipinski definition) is 3. The van der Waals surface area contributed by atoms with E-state index < -0.39 is 0 Å². The van der Waals surface area contributed by atoms with Crippen LogP contribution < -0.4 is 5.73 Å². The number of allylic oxidation sites excluding steroid dienone is 2. The zero-order valence-electron chi connectivity index (χ0n) is 17.8. The Kier molecular flexibility index (Phi) is 8.21. The van der Waals surface area contributed by atoms with Gasteiger partial charge in [-0.2, -0.15) is 0 Å². The summed E-state index contributed by atoms with van der Waals surface area (Å²) in [4.78, 5) is 16.5. The average Bonchev–Trinajstić information content (AvgIpc) is 2.66. The summed E-state index contributed by atoms with van der Waals surface area (Å²) in [5, 5.41) is 0.668. The number of rotatable bonds is 9. The topological polar surface area (TPSA) is 55.5 Å². The Hall–Kier alpha value is -2.39. The lowest BCUT2D eigenvalue weighted by molar-refractivity contribution is -0.125. The average molecular weight is 411 g/mol. The summed E-state index contributed by atoms with van der Waals surface area (Å²) >= 11 is 6.19. The highest BCUT2D eigenvalue weighted by Gasteiger charge is 2.22. The summed E-state index contributed by atoms with van der Waals surface area (Å²) in [7, 11) is 0. The maximum Gasteiger partial charge on any atom is 0.135 e. The highest BCUT2D eigenvalue weighted by Crippen LogP contribution is 2.25. The summed E-state index contributed by atoms with van der Waals surface area (Å²) in [5.74, 6) is 0.208. The normalized spacial score (nSPS) is 12.9. The molecule has 0 aliphatic rings. The number of Topliss-reactive ketones (excluding diaryl/α,β-unsaturated/α-hetero) is 1. The minimum Gasteiger partial charge on any atom is -0.402 e. The molecule has 4 heteroatoms. The van der Waals surface area contributed by atoms with Crippen molar-refractivity contribution in [3.8, 4) is 0 Å². The summed E-state index contributed by atoms with van der Waals surface area (Å²) in [5.41, 5.74) is 10.9. The molecule has 0 unspecified atom stereocenters. The summed E-state index contributed by atoms with van der Waals surface area (Å²) in [6.07, 6.45) is 4.32. The van der Waals surface area contributed by atoms with E-state index in [2.05, 4.69) is 19.1 Å². The fraction of sp³-hybridized carbons (Fsp3) is 0.360. The van der Waals surface area contributed by atoms with Crippen molar-refractivity contribution in [2.24, 2.45) is 16.1 Å². The van der Waals surface area contributed by atoms with Crippen LogP contribution in [0.15, 0.2) is 65.3 Å². The molecule has 154 valence electrons. The first kappa shape index (κ1) is 22.9. The van der Waals surface area contributed by atoms with Gasteiger partial charge in [0, 0.05) is 21.7 Å². The first-order chi connectivity index (χ1) is 13.7. The quantitative estimate of drug-likeness (QED) is 0.495. The van der Waals surface area contributed by atoms with Crippen molar-refractivity contribution in [2.75, 3.05) is 0 Å². The molecule has 0 spiro atoms. The molecule has 0 saturated heterocycles. The molecule has 0 fully saturated rings. The van der Waals surface area contributed by atoms with E-state index in [-0.39, 0.29) is 11.2 Å². The number of ketones is 1. The molecule has 2 aromatic rings. The molecule has 0 aliphatic heterocycles. The predicted octanol–water partition coefficient (Wildman–Crippen LogP) is 6.27. The Morgan fingerprint density at radius 1 is 1.17 bits per heavy atom. The number of nitrogens with zero attached hydrogens (tertiary/aromatic N) is 1. The zero-order chi connectivity index (χ0) is 21.4. The van der Waals surface area contributed by atoms with Crippen LogP contribution in [-0.2, 0) is 11.3 Å². The van der Waals surface area contributed by atoms with Gasteiger partial charge in [0.25, 0.3) is 0 Å². The van der Waals surface area contributed by atoms with Crippen LogP contribution >= 0.6 is 11.6 Å². The van der Waals surface area contributed by atoms with E-state index in [9.17, 15) is 4.79 Å². The highest BCUT2D eigenvalue weighted by molar-refractivity contribution is 6.31. The van der Waals surface area contributed by atoms with Gasteiger partial charge < -0.3 is 5.73 Å². The molecule has 0 saturated carbocycles. The van der Waals surface area contributed by atoms with Gasteiger partial charge in [0.2, 0.25) is 0 Å². The van der Waals surface area contributed by atoms with Gasteiger partial charge in [0.1, 0.15) is 5.78 Å². The number of benzene rings is 2. The Labute approximate surface area is 179 Å². The second-order valence-corrected chi connectivity index (χ2v) is 8.59. The maximum absolute atomic E-state index is 11.7. The lowest BCUT2D eigenvalue weighted by Gasteiger charge is -2.20. The molecule has 29 heavy (non-hydrogen) atoms. The smallest absolute Gasteiger partial charge is 0.135 e. The van der Waals surface area contributed by atoms with Gasteiger partial charge in [-0.25, -0.2) is 0 Å². The Balaban J connectivity index is 2.21. The van der Waals surface area contributed by atoms with Crippen LogP contribution in [0.1, 0.15) is 56.7 Å². The molecule has 3 nitrogen and oxygen atoms in total. The van der Waals surface area contributed by atoms with Crippen molar-refractivity contribution >= 4 is 23.1 Å². The monoisotopic (exact) mass is 410 g/mol. The molecule has 0 amide bonds. The third-order valence-electron chi connectivity index (χ3n) is 5.34. The van der Waals surface area contributed by atoms with Gasteiger partial charge >= 0.3 is 0 Å². The lowest BCUT2D eigenvalue weighted by Crippen LogP contribution is -2.21. The second-order valence-electron chi connectivity index (χ2n) is 8.15. The van der Waals surface area contributed by atoms with Crippen molar-refractivity contribution in [3.05, 3.63) is 82.0 Å². The number of carbonyl (C=O) groups is 1. The fourth-order valence-electron chi connectivity index (χ4n) is 2.98. The van der Waals surface area contributed by atoms with Crippen LogP contribution in [0, 0.1) is 12.3 Å². The number of carbonyl (C=O) groups excluding carboxylic acids is 1. The van der Waals surface area contributed by atoms with Gasteiger partial charge in [-0.05, 0) is 62.4 Å². The molecule has 0 radical (unpaired) electrons. The van der Waals surface area contributed by atoms with Crippen molar-refractivity contribution in [1.82, 2.24) is 0 Å². The standard InChI is InChI=1S/C25H31ClN2O/c1-18-9-5-6-10-21(18)17-28-24(20-11-7-12-22(26)15-20)16-23(27)13-8-14-25(3,4)19(2)29/h5-7,9-12,15-16H,8,13-14,17,27H2,1-4H3. The highest BCUT2D eigenvalue weighted by atomic mass is 35.5. The van der Waals surface area contributed by atoms with Gasteiger partial charge in [-0.15, -0.1) is 0 Å². The minimum absolute atomic E-state index is 0.208. The van der Waals surface area contributed by atoms with E-state index in [1.54, 1.807) is 6.92 Å². The van der Waals surface area contributed by atoms with Crippen LogP contribution in [0.5, 0.6) is 0 Å². The van der Waals surface area contributed by atoms with Gasteiger partial charge in [0.15, 0.2) is 0 Å². The number of hydrogen-bond donors (Lipinski definition) is 1. The van der Waals surface area contributed by atoms with Gasteiger partial charge in [-0.1, -0.05) is 61.8 Å². The number of nitrogens with two attached hydrogens (primary N) is 1. The molecular weight excluding hydrogens is 380 g/mol. The molecule has 2 aromatic carbocycles. The molecule has 0 bridgehead atoms.